The van der Waals surface area contributed by atoms with Crippen molar-refractivity contribution in [3.05, 3.63) is 29.8 Å². The molecule has 2 fully saturated rings. The molecule has 0 aliphatic heterocycles. The summed E-state index contributed by atoms with van der Waals surface area (Å²) < 4.78 is 0. The van der Waals surface area contributed by atoms with Gasteiger partial charge >= 0.3 is 0 Å². The number of likely N-dealkylation sites (N-methyl/N-ethyl adjacent to an activating group) is 1. The van der Waals surface area contributed by atoms with Gasteiger partial charge in [0.05, 0.1) is 6.42 Å². The molecule has 0 spiro atoms. The van der Waals surface area contributed by atoms with E-state index in [1.807, 2.05) is 36.2 Å². The normalized spacial score (nSPS) is 27.8. The van der Waals surface area contributed by atoms with E-state index in [1.165, 1.54) is 25.7 Å². The molecule has 0 radical (unpaired) electrons. The fraction of sp³-hybridized carbons (Fsp3) is 0.588. The highest BCUT2D eigenvalue weighted by Crippen LogP contribution is 2.48. The van der Waals surface area contributed by atoms with E-state index in [-0.39, 0.29) is 5.91 Å². The van der Waals surface area contributed by atoms with Crippen molar-refractivity contribution in [2.24, 2.45) is 17.8 Å². The second kappa shape index (κ2) is 5.47. The number of carbonyl (C=O) groups excluding carboxylic acids is 1. The van der Waals surface area contributed by atoms with Gasteiger partial charge in [-0.05, 0) is 54.7 Å². The largest absolute Gasteiger partial charge is 0.399 e. The van der Waals surface area contributed by atoms with Crippen LogP contribution in [0.15, 0.2) is 24.3 Å². The van der Waals surface area contributed by atoms with Crippen molar-refractivity contribution in [1.82, 2.24) is 4.90 Å². The molecule has 1 aromatic rings. The smallest absolute Gasteiger partial charge is 0.226 e. The Morgan fingerprint density at radius 3 is 2.60 bits per heavy atom. The van der Waals surface area contributed by atoms with Gasteiger partial charge in [-0.15, -0.1) is 0 Å². The van der Waals surface area contributed by atoms with Crippen LogP contribution < -0.4 is 5.73 Å². The summed E-state index contributed by atoms with van der Waals surface area (Å²) in [6.07, 6.45) is 6.03. The fourth-order valence-electron chi connectivity index (χ4n) is 4.00. The molecule has 0 heterocycles. The highest BCUT2D eigenvalue weighted by Gasteiger charge is 2.39. The lowest BCUT2D eigenvalue weighted by Crippen LogP contribution is -2.34. The van der Waals surface area contributed by atoms with Crippen LogP contribution in [-0.2, 0) is 11.2 Å². The topological polar surface area (TPSA) is 46.3 Å². The first-order chi connectivity index (χ1) is 9.61. The number of benzene rings is 1. The van der Waals surface area contributed by atoms with E-state index in [0.29, 0.717) is 6.42 Å². The SMILES string of the molecule is CN(CC1CC2CCC1C2)C(=O)Cc1ccc(N)cc1. The number of anilines is 1. The summed E-state index contributed by atoms with van der Waals surface area (Å²) in [6.45, 7) is 0.939. The Bertz CT molecular complexity index is 482. The van der Waals surface area contributed by atoms with Crippen LogP contribution in [0.25, 0.3) is 0 Å². The predicted octanol–water partition coefficient (Wildman–Crippen LogP) is 2.71. The Balaban J connectivity index is 1.53. The average molecular weight is 272 g/mol. The van der Waals surface area contributed by atoms with Gasteiger partial charge in [-0.25, -0.2) is 0 Å². The van der Waals surface area contributed by atoms with Crippen LogP contribution in [-0.4, -0.2) is 24.4 Å². The third kappa shape index (κ3) is 2.82. The number of nitrogens with two attached hydrogens (primary N) is 1. The minimum atomic E-state index is 0.220. The monoisotopic (exact) mass is 272 g/mol. The van der Waals surface area contributed by atoms with Crippen molar-refractivity contribution in [3.8, 4) is 0 Å². The molecule has 3 unspecified atom stereocenters. The van der Waals surface area contributed by atoms with E-state index in [1.54, 1.807) is 0 Å². The first-order valence-electron chi connectivity index (χ1n) is 7.70. The maximum absolute atomic E-state index is 12.3. The zero-order chi connectivity index (χ0) is 14.1. The maximum atomic E-state index is 12.3. The number of carbonyl (C=O) groups is 1. The second-order valence-electron chi connectivity index (χ2n) is 6.63. The van der Waals surface area contributed by atoms with Crippen molar-refractivity contribution in [2.75, 3.05) is 19.3 Å². The lowest BCUT2D eigenvalue weighted by Gasteiger charge is -2.27. The Morgan fingerprint density at radius 1 is 1.25 bits per heavy atom. The molecule has 1 amide bonds. The summed E-state index contributed by atoms with van der Waals surface area (Å²) in [4.78, 5) is 14.2. The summed E-state index contributed by atoms with van der Waals surface area (Å²) in [5, 5.41) is 0. The zero-order valence-corrected chi connectivity index (χ0v) is 12.2. The maximum Gasteiger partial charge on any atom is 0.226 e. The van der Waals surface area contributed by atoms with Crippen LogP contribution in [0.1, 0.15) is 31.2 Å². The quantitative estimate of drug-likeness (QED) is 0.857. The van der Waals surface area contributed by atoms with Crippen LogP contribution in [0.3, 0.4) is 0 Å². The third-order valence-electron chi connectivity index (χ3n) is 5.15. The van der Waals surface area contributed by atoms with Gasteiger partial charge in [0.2, 0.25) is 5.91 Å². The summed E-state index contributed by atoms with van der Waals surface area (Å²) in [7, 11) is 1.95. The zero-order valence-electron chi connectivity index (χ0n) is 12.2. The first kappa shape index (κ1) is 13.5. The Labute approximate surface area is 121 Å². The minimum absolute atomic E-state index is 0.220. The Kier molecular flexibility index (Phi) is 3.68. The van der Waals surface area contributed by atoms with E-state index in [4.69, 9.17) is 5.73 Å². The summed E-state index contributed by atoms with van der Waals surface area (Å²) in [5.74, 6) is 2.80. The van der Waals surface area contributed by atoms with Crippen molar-refractivity contribution in [1.29, 1.82) is 0 Å². The number of hydrogen-bond donors (Lipinski definition) is 1. The van der Waals surface area contributed by atoms with Gasteiger partial charge in [-0.3, -0.25) is 4.79 Å². The Morgan fingerprint density at radius 2 is 2.00 bits per heavy atom. The van der Waals surface area contributed by atoms with Gasteiger partial charge in [0, 0.05) is 19.3 Å². The molecule has 2 saturated carbocycles. The molecule has 3 atom stereocenters. The van der Waals surface area contributed by atoms with E-state index in [9.17, 15) is 4.79 Å². The van der Waals surface area contributed by atoms with Gasteiger partial charge in [0.25, 0.3) is 0 Å². The molecule has 3 rings (SSSR count). The van der Waals surface area contributed by atoms with Crippen LogP contribution in [0.4, 0.5) is 5.69 Å². The standard InChI is InChI=1S/C17H24N2O/c1-19(11-15-9-13-2-5-14(15)8-13)17(20)10-12-3-6-16(18)7-4-12/h3-4,6-7,13-15H,2,5,8-11,18H2,1H3. The van der Waals surface area contributed by atoms with Crippen molar-refractivity contribution in [3.63, 3.8) is 0 Å². The van der Waals surface area contributed by atoms with E-state index in [2.05, 4.69) is 0 Å². The van der Waals surface area contributed by atoms with Crippen molar-refractivity contribution in [2.45, 2.75) is 32.1 Å². The van der Waals surface area contributed by atoms with E-state index < -0.39 is 0 Å². The van der Waals surface area contributed by atoms with Crippen LogP contribution >= 0.6 is 0 Å². The number of hydrogen-bond acceptors (Lipinski definition) is 2. The molecule has 20 heavy (non-hydrogen) atoms. The minimum Gasteiger partial charge on any atom is -0.399 e. The number of rotatable bonds is 4. The van der Waals surface area contributed by atoms with Gasteiger partial charge in [0.1, 0.15) is 0 Å². The van der Waals surface area contributed by atoms with Crippen molar-refractivity contribution >= 4 is 11.6 Å². The van der Waals surface area contributed by atoms with Crippen LogP contribution in [0.2, 0.25) is 0 Å². The molecule has 3 nitrogen and oxygen atoms in total. The lowest BCUT2D eigenvalue weighted by atomic mass is 9.88. The van der Waals surface area contributed by atoms with Gasteiger partial charge in [-0.2, -0.15) is 0 Å². The molecule has 108 valence electrons. The van der Waals surface area contributed by atoms with Gasteiger partial charge in [0.15, 0.2) is 0 Å². The van der Waals surface area contributed by atoms with E-state index >= 15 is 0 Å². The molecule has 2 bridgehead atoms. The third-order valence-corrected chi connectivity index (χ3v) is 5.15. The van der Waals surface area contributed by atoms with E-state index in [0.717, 1.165) is 35.5 Å². The highest BCUT2D eigenvalue weighted by molar-refractivity contribution is 5.78. The summed E-state index contributed by atoms with van der Waals surface area (Å²) in [6, 6.07) is 7.61. The average Bonchev–Trinajstić information content (AvgIpc) is 3.03. The molecule has 2 aliphatic carbocycles. The number of nitrogen functional groups attached to an aromatic ring is 1. The molecule has 0 saturated heterocycles. The van der Waals surface area contributed by atoms with Crippen LogP contribution in [0, 0.1) is 17.8 Å². The summed E-state index contributed by atoms with van der Waals surface area (Å²) in [5.41, 5.74) is 7.46. The molecular formula is C17H24N2O. The predicted molar refractivity (Wildman–Crippen MR) is 81.1 cm³/mol. The first-order valence-corrected chi connectivity index (χ1v) is 7.70. The molecule has 2 N–H and O–H groups in total. The number of nitrogens with zero attached hydrogens (tertiary/aromatic N) is 1. The molecule has 0 aromatic heterocycles. The second-order valence-corrected chi connectivity index (χ2v) is 6.63. The van der Waals surface area contributed by atoms with Gasteiger partial charge < -0.3 is 10.6 Å². The molecular weight excluding hydrogens is 248 g/mol. The number of amides is 1. The molecule has 3 heteroatoms. The van der Waals surface area contributed by atoms with Crippen molar-refractivity contribution < 1.29 is 4.79 Å². The number of fused-ring (bicyclic) bond motifs is 2. The molecule has 1 aromatic carbocycles. The summed E-state index contributed by atoms with van der Waals surface area (Å²) >= 11 is 0. The molecule has 2 aliphatic rings. The fourth-order valence-corrected chi connectivity index (χ4v) is 4.00. The van der Waals surface area contributed by atoms with Gasteiger partial charge in [-0.1, -0.05) is 18.6 Å². The van der Waals surface area contributed by atoms with Crippen LogP contribution in [0.5, 0.6) is 0 Å². The Hall–Kier alpha value is -1.51. The lowest BCUT2D eigenvalue weighted by molar-refractivity contribution is -0.129. The highest BCUT2D eigenvalue weighted by atomic mass is 16.2.